The highest BCUT2D eigenvalue weighted by atomic mass is 19.1. The van der Waals surface area contributed by atoms with E-state index in [4.69, 9.17) is 14.2 Å². The van der Waals surface area contributed by atoms with Crippen molar-refractivity contribution in [3.63, 3.8) is 0 Å². The van der Waals surface area contributed by atoms with Gasteiger partial charge in [-0.3, -0.25) is 14.6 Å². The fraction of sp³-hybridized carbons (Fsp3) is 0.346. The first-order chi connectivity index (χ1) is 16.3. The number of methoxy groups -OCH3 is 2. The zero-order valence-corrected chi connectivity index (χ0v) is 19.3. The van der Waals surface area contributed by atoms with Gasteiger partial charge in [-0.05, 0) is 31.2 Å². The summed E-state index contributed by atoms with van der Waals surface area (Å²) in [6.07, 6.45) is 1.22. The van der Waals surface area contributed by atoms with Crippen LogP contribution in [0.4, 0.5) is 4.39 Å². The van der Waals surface area contributed by atoms with Crippen molar-refractivity contribution >= 4 is 22.6 Å². The molecule has 1 amide bonds. The number of piperidine rings is 1. The van der Waals surface area contributed by atoms with E-state index in [1.165, 1.54) is 19.2 Å². The first kappa shape index (κ1) is 22.1. The molecule has 2 aliphatic rings. The Morgan fingerprint density at radius 1 is 1.12 bits per heavy atom. The third-order valence-corrected chi connectivity index (χ3v) is 6.67. The van der Waals surface area contributed by atoms with Crippen LogP contribution in [0.5, 0.6) is 17.2 Å². The molecule has 1 aromatic heterocycles. The normalized spacial score (nSPS) is 16.8. The maximum Gasteiger partial charge on any atom is 0.254 e. The number of Topliss-reactive ketones (excluding diaryl/α,β-unsaturated/α-hetero) is 1. The summed E-state index contributed by atoms with van der Waals surface area (Å²) in [6, 6.07) is 9.34. The summed E-state index contributed by atoms with van der Waals surface area (Å²) in [5.74, 6) is 0.768. The summed E-state index contributed by atoms with van der Waals surface area (Å²) in [5.41, 5.74) is 1.43. The number of aromatic nitrogens is 1. The van der Waals surface area contributed by atoms with E-state index in [1.54, 1.807) is 36.3 Å². The number of ketones is 1. The van der Waals surface area contributed by atoms with Crippen molar-refractivity contribution in [3.8, 4) is 17.2 Å². The second-order valence-electron chi connectivity index (χ2n) is 8.85. The van der Waals surface area contributed by atoms with Crippen molar-refractivity contribution in [1.29, 1.82) is 0 Å². The lowest BCUT2D eigenvalue weighted by atomic mass is 9.82. The number of pyridine rings is 1. The van der Waals surface area contributed by atoms with Crippen LogP contribution in [-0.4, -0.2) is 54.5 Å². The number of rotatable bonds is 3. The van der Waals surface area contributed by atoms with Crippen molar-refractivity contribution in [2.45, 2.75) is 31.8 Å². The lowest BCUT2D eigenvalue weighted by Gasteiger charge is -2.44. The summed E-state index contributed by atoms with van der Waals surface area (Å²) in [4.78, 5) is 32.6. The average Bonchev–Trinajstić information content (AvgIpc) is 2.82. The largest absolute Gasteiger partial charge is 0.496 e. The predicted molar refractivity (Wildman–Crippen MR) is 123 cm³/mol. The molecule has 2 aliphatic heterocycles. The highest BCUT2D eigenvalue weighted by Crippen LogP contribution is 2.45. The number of hydrogen-bond donors (Lipinski definition) is 0. The maximum absolute atomic E-state index is 13.9. The number of amides is 1. The van der Waals surface area contributed by atoms with E-state index >= 15 is 0 Å². The number of ether oxygens (including phenoxy) is 3. The Balaban J connectivity index is 1.40. The number of fused-ring (bicyclic) bond motifs is 2. The summed E-state index contributed by atoms with van der Waals surface area (Å²) < 4.78 is 31.0. The van der Waals surface area contributed by atoms with E-state index in [-0.39, 0.29) is 18.1 Å². The van der Waals surface area contributed by atoms with Gasteiger partial charge in [-0.15, -0.1) is 0 Å². The van der Waals surface area contributed by atoms with Crippen LogP contribution in [0.1, 0.15) is 45.7 Å². The van der Waals surface area contributed by atoms with E-state index in [0.29, 0.717) is 70.9 Å². The standard InChI is InChI=1S/C26H25FN2O5/c1-15-10-19(18-11-16(27)4-5-20(18)28-15)25(31)29-8-6-26(7-9-29)14-21(30)24-22(33-3)12-17(32-2)13-23(24)34-26/h4-5,10-13H,6-9,14H2,1-3H3. The molecular formula is C26H25FN2O5. The predicted octanol–water partition coefficient (Wildman–Crippen LogP) is 4.34. The summed E-state index contributed by atoms with van der Waals surface area (Å²) >= 11 is 0. The molecule has 3 heterocycles. The molecular weight excluding hydrogens is 439 g/mol. The summed E-state index contributed by atoms with van der Waals surface area (Å²) in [7, 11) is 3.05. The number of nitrogens with zero attached hydrogens (tertiary/aromatic N) is 2. The zero-order valence-electron chi connectivity index (χ0n) is 19.3. The average molecular weight is 464 g/mol. The Kier molecular flexibility index (Phi) is 5.38. The van der Waals surface area contributed by atoms with Gasteiger partial charge in [0.25, 0.3) is 5.91 Å². The number of carbonyl (C=O) groups excluding carboxylic acids is 2. The lowest BCUT2D eigenvalue weighted by Crippen LogP contribution is -2.52. The molecule has 0 aliphatic carbocycles. The molecule has 0 unspecified atom stereocenters. The molecule has 0 saturated carbocycles. The van der Waals surface area contributed by atoms with Gasteiger partial charge in [-0.2, -0.15) is 0 Å². The third kappa shape index (κ3) is 3.73. The summed E-state index contributed by atoms with van der Waals surface area (Å²) in [6.45, 7) is 2.65. The van der Waals surface area contributed by atoms with E-state index in [9.17, 15) is 14.0 Å². The molecule has 0 radical (unpaired) electrons. The minimum absolute atomic E-state index is 0.0493. The number of carbonyl (C=O) groups is 2. The fourth-order valence-corrected chi connectivity index (χ4v) is 4.92. The van der Waals surface area contributed by atoms with E-state index in [1.807, 2.05) is 6.92 Å². The first-order valence-corrected chi connectivity index (χ1v) is 11.2. The van der Waals surface area contributed by atoms with Gasteiger partial charge >= 0.3 is 0 Å². The van der Waals surface area contributed by atoms with Gasteiger partial charge in [0.05, 0.1) is 31.7 Å². The minimum atomic E-state index is -0.694. The number of halogens is 1. The molecule has 8 heteroatoms. The number of aryl methyl sites for hydroxylation is 1. The highest BCUT2D eigenvalue weighted by molar-refractivity contribution is 6.06. The second-order valence-corrected chi connectivity index (χ2v) is 8.85. The molecule has 0 N–H and O–H groups in total. The first-order valence-electron chi connectivity index (χ1n) is 11.2. The van der Waals surface area contributed by atoms with Crippen molar-refractivity contribution < 1.29 is 28.2 Å². The van der Waals surface area contributed by atoms with Gasteiger partial charge in [-0.1, -0.05) is 0 Å². The molecule has 176 valence electrons. The van der Waals surface area contributed by atoms with E-state index < -0.39 is 11.4 Å². The van der Waals surface area contributed by atoms with Crippen LogP contribution in [0.2, 0.25) is 0 Å². The van der Waals surface area contributed by atoms with Crippen LogP contribution < -0.4 is 14.2 Å². The zero-order chi connectivity index (χ0) is 24.0. The van der Waals surface area contributed by atoms with Crippen LogP contribution in [0.15, 0.2) is 36.4 Å². The molecule has 7 nitrogen and oxygen atoms in total. The molecule has 5 rings (SSSR count). The van der Waals surface area contributed by atoms with Crippen molar-refractivity contribution in [2.24, 2.45) is 0 Å². The minimum Gasteiger partial charge on any atom is -0.496 e. The number of hydrogen-bond acceptors (Lipinski definition) is 6. The quantitative estimate of drug-likeness (QED) is 0.574. The van der Waals surface area contributed by atoms with Crippen molar-refractivity contribution in [2.75, 3.05) is 27.3 Å². The van der Waals surface area contributed by atoms with Crippen molar-refractivity contribution in [3.05, 3.63) is 59.0 Å². The molecule has 0 bridgehead atoms. The van der Waals surface area contributed by atoms with Gasteiger partial charge in [0.1, 0.15) is 34.2 Å². The SMILES string of the molecule is COc1cc(OC)c2c(c1)OC1(CCN(C(=O)c3cc(C)nc4ccc(F)cc34)CC1)CC2=O. The van der Waals surface area contributed by atoms with Gasteiger partial charge in [0.2, 0.25) is 0 Å². The van der Waals surface area contributed by atoms with Gasteiger partial charge in [0.15, 0.2) is 5.78 Å². The Morgan fingerprint density at radius 3 is 2.59 bits per heavy atom. The Hall–Kier alpha value is -3.68. The van der Waals surface area contributed by atoms with E-state index in [2.05, 4.69) is 4.98 Å². The molecule has 34 heavy (non-hydrogen) atoms. The highest BCUT2D eigenvalue weighted by Gasteiger charge is 2.45. The molecule has 0 atom stereocenters. The fourth-order valence-electron chi connectivity index (χ4n) is 4.92. The topological polar surface area (TPSA) is 78.0 Å². The smallest absolute Gasteiger partial charge is 0.254 e. The number of benzene rings is 2. The van der Waals surface area contributed by atoms with E-state index in [0.717, 1.165) is 0 Å². The third-order valence-electron chi connectivity index (χ3n) is 6.67. The lowest BCUT2D eigenvalue weighted by molar-refractivity contribution is -0.00606. The maximum atomic E-state index is 13.9. The molecule has 1 saturated heterocycles. The second kappa shape index (κ2) is 8.27. The van der Waals surface area contributed by atoms with Gasteiger partial charge in [0, 0.05) is 49.1 Å². The Bertz CT molecular complexity index is 1310. The van der Waals surface area contributed by atoms with Crippen molar-refractivity contribution in [1.82, 2.24) is 9.88 Å². The monoisotopic (exact) mass is 464 g/mol. The Morgan fingerprint density at radius 2 is 1.88 bits per heavy atom. The van der Waals surface area contributed by atoms with Gasteiger partial charge < -0.3 is 19.1 Å². The summed E-state index contributed by atoms with van der Waals surface area (Å²) in [5, 5.41) is 0.494. The van der Waals surface area contributed by atoms with Crippen LogP contribution >= 0.6 is 0 Å². The molecule has 3 aromatic rings. The molecule has 1 fully saturated rings. The van der Waals surface area contributed by atoms with Crippen LogP contribution in [0.3, 0.4) is 0 Å². The molecule has 2 aromatic carbocycles. The number of likely N-dealkylation sites (tertiary alicyclic amines) is 1. The van der Waals surface area contributed by atoms with Gasteiger partial charge in [-0.25, -0.2) is 4.39 Å². The van der Waals surface area contributed by atoms with Crippen LogP contribution in [-0.2, 0) is 0 Å². The molecule has 1 spiro atoms. The van der Waals surface area contributed by atoms with Crippen LogP contribution in [0.25, 0.3) is 10.9 Å². The Labute approximate surface area is 196 Å². The van der Waals surface area contributed by atoms with Crippen LogP contribution in [0, 0.1) is 12.7 Å².